The first-order valence-corrected chi connectivity index (χ1v) is 12.0. The van der Waals surface area contributed by atoms with Crippen LogP contribution in [0.2, 0.25) is 10.0 Å². The third-order valence-corrected chi connectivity index (χ3v) is 5.48. The number of urea groups is 1. The summed E-state index contributed by atoms with van der Waals surface area (Å²) in [7, 11) is 0. The van der Waals surface area contributed by atoms with Gasteiger partial charge in [-0.1, -0.05) is 48.8 Å². The lowest BCUT2D eigenvalue weighted by atomic mass is 10.1. The van der Waals surface area contributed by atoms with Gasteiger partial charge in [-0.15, -0.1) is 0 Å². The smallest absolute Gasteiger partial charge is 0.331 e. The molecule has 0 spiro atoms. The Morgan fingerprint density at radius 2 is 1.81 bits per heavy atom. The van der Waals surface area contributed by atoms with Gasteiger partial charge in [0, 0.05) is 10.6 Å². The molecule has 0 aliphatic carbocycles. The maximum absolute atomic E-state index is 13.3. The van der Waals surface area contributed by atoms with Crippen molar-refractivity contribution in [3.05, 3.63) is 69.7 Å². The van der Waals surface area contributed by atoms with Gasteiger partial charge in [0.1, 0.15) is 17.9 Å². The van der Waals surface area contributed by atoms with E-state index < -0.39 is 17.8 Å². The number of halogens is 2. The van der Waals surface area contributed by atoms with E-state index in [1.165, 1.54) is 24.3 Å². The Morgan fingerprint density at radius 3 is 2.50 bits per heavy atom. The molecule has 2 aromatic carbocycles. The normalized spacial score (nSPS) is 14.6. The Labute approximate surface area is 219 Å². The third kappa shape index (κ3) is 6.38. The summed E-state index contributed by atoms with van der Waals surface area (Å²) >= 11 is 12.4. The minimum atomic E-state index is -0.842. The zero-order valence-electron chi connectivity index (χ0n) is 19.9. The van der Waals surface area contributed by atoms with Crippen molar-refractivity contribution in [1.29, 1.82) is 0 Å². The summed E-state index contributed by atoms with van der Waals surface area (Å²) in [4.78, 5) is 39.4. The second kappa shape index (κ2) is 12.5. The van der Waals surface area contributed by atoms with Gasteiger partial charge in [-0.3, -0.25) is 19.8 Å². The van der Waals surface area contributed by atoms with Crippen LogP contribution >= 0.6 is 23.2 Å². The van der Waals surface area contributed by atoms with Crippen LogP contribution in [0.3, 0.4) is 0 Å². The number of ether oxygens (including phenoxy) is 3. The maximum Gasteiger partial charge on any atom is 0.331 e. The zero-order valence-corrected chi connectivity index (χ0v) is 21.4. The van der Waals surface area contributed by atoms with Crippen molar-refractivity contribution in [1.82, 2.24) is 10.2 Å². The first-order valence-electron chi connectivity index (χ1n) is 11.3. The van der Waals surface area contributed by atoms with Gasteiger partial charge in [0.25, 0.3) is 11.8 Å². The molecule has 8 nitrogen and oxygen atoms in total. The lowest BCUT2D eigenvalue weighted by molar-refractivity contribution is -0.130. The predicted molar refractivity (Wildman–Crippen MR) is 138 cm³/mol. The number of rotatable bonds is 11. The Hall–Kier alpha value is -3.49. The molecule has 1 saturated heterocycles. The molecule has 1 N–H and O–H groups in total. The number of amides is 4. The summed E-state index contributed by atoms with van der Waals surface area (Å²) in [5, 5.41) is 2.68. The van der Waals surface area contributed by atoms with Crippen molar-refractivity contribution < 1.29 is 28.6 Å². The Morgan fingerprint density at radius 1 is 1.03 bits per heavy atom. The molecular formula is C26H26Cl2N2O6. The number of barbiturate groups is 1. The van der Waals surface area contributed by atoms with E-state index in [0.29, 0.717) is 35.8 Å². The molecule has 1 aliphatic heterocycles. The fourth-order valence-corrected chi connectivity index (χ4v) is 3.97. The lowest BCUT2D eigenvalue weighted by Gasteiger charge is -2.27. The molecular weight excluding hydrogens is 507 g/mol. The summed E-state index contributed by atoms with van der Waals surface area (Å²) < 4.78 is 17.0. The molecule has 36 heavy (non-hydrogen) atoms. The largest absolute Gasteiger partial charge is 0.490 e. The zero-order chi connectivity index (χ0) is 26.2. The average Bonchev–Trinajstić information content (AvgIpc) is 2.83. The molecule has 0 atom stereocenters. The van der Waals surface area contributed by atoms with Crippen molar-refractivity contribution in [2.45, 2.75) is 26.8 Å². The average molecular weight is 533 g/mol. The van der Waals surface area contributed by atoms with Gasteiger partial charge in [0.15, 0.2) is 11.5 Å². The van der Waals surface area contributed by atoms with Crippen LogP contribution in [0.4, 0.5) is 4.79 Å². The van der Waals surface area contributed by atoms with Crippen LogP contribution in [-0.2, 0) is 16.1 Å². The number of nitrogens with zero attached hydrogens (tertiary/aromatic N) is 1. The van der Waals surface area contributed by atoms with Crippen molar-refractivity contribution >= 4 is 47.1 Å². The topological polar surface area (TPSA) is 94.2 Å². The van der Waals surface area contributed by atoms with Crippen molar-refractivity contribution in [2.24, 2.45) is 0 Å². The Kier molecular flexibility index (Phi) is 9.38. The fourth-order valence-electron chi connectivity index (χ4n) is 3.41. The summed E-state index contributed by atoms with van der Waals surface area (Å²) in [6, 6.07) is 7.30. The number of imide groups is 2. The Balaban J connectivity index is 1.94. The van der Waals surface area contributed by atoms with Gasteiger partial charge in [-0.25, -0.2) is 4.79 Å². The first-order chi connectivity index (χ1) is 17.3. The van der Waals surface area contributed by atoms with E-state index in [9.17, 15) is 14.4 Å². The molecule has 10 heteroatoms. The lowest BCUT2D eigenvalue weighted by Crippen LogP contribution is -2.53. The minimum absolute atomic E-state index is 0.0977. The third-order valence-electron chi connectivity index (χ3n) is 4.98. The van der Waals surface area contributed by atoms with Crippen LogP contribution < -0.4 is 19.5 Å². The van der Waals surface area contributed by atoms with Crippen LogP contribution in [0.1, 0.15) is 31.4 Å². The van der Waals surface area contributed by atoms with E-state index in [-0.39, 0.29) is 34.5 Å². The van der Waals surface area contributed by atoms with Crippen LogP contribution in [0, 0.1) is 0 Å². The highest BCUT2D eigenvalue weighted by molar-refractivity contribution is 6.36. The van der Waals surface area contributed by atoms with Crippen molar-refractivity contribution in [3.63, 3.8) is 0 Å². The molecule has 190 valence electrons. The number of carbonyl (C=O) groups is 3. The van der Waals surface area contributed by atoms with Gasteiger partial charge in [-0.05, 0) is 49.2 Å². The maximum atomic E-state index is 13.3. The minimum Gasteiger partial charge on any atom is -0.490 e. The van der Waals surface area contributed by atoms with Gasteiger partial charge in [0.2, 0.25) is 0 Å². The SMILES string of the molecule is C=CCOc1c(Cl)cc(Cl)cc1/C=C1\C(=O)NC(=O)N(Cc2ccc(OCCC)c(OCC)c2)C1=O. The van der Waals surface area contributed by atoms with Crippen molar-refractivity contribution in [2.75, 3.05) is 19.8 Å². The number of hydrogen-bond acceptors (Lipinski definition) is 6. The van der Waals surface area contributed by atoms with E-state index in [0.717, 1.165) is 11.3 Å². The van der Waals surface area contributed by atoms with E-state index in [1.807, 2.05) is 13.8 Å². The van der Waals surface area contributed by atoms with E-state index in [2.05, 4.69) is 11.9 Å². The monoisotopic (exact) mass is 532 g/mol. The van der Waals surface area contributed by atoms with Gasteiger partial charge in [0.05, 0.1) is 24.8 Å². The summed E-state index contributed by atoms with van der Waals surface area (Å²) in [5.74, 6) is -0.332. The van der Waals surface area contributed by atoms with Crippen LogP contribution in [-0.4, -0.2) is 42.6 Å². The molecule has 2 aromatic rings. The first kappa shape index (κ1) is 27.1. The number of hydrogen-bond donors (Lipinski definition) is 1. The van der Waals surface area contributed by atoms with Crippen LogP contribution in [0.5, 0.6) is 17.2 Å². The number of nitrogens with one attached hydrogen (secondary N) is 1. The standard InChI is InChI=1S/C26H26Cl2N2O6/c1-4-9-35-21-8-7-16(11-22(21)34-6-3)15-30-25(32)19(24(31)29-26(30)33)13-17-12-18(27)14-20(28)23(17)36-10-5-2/h5,7-8,11-14H,2,4,6,9-10,15H2,1,3H3,(H,29,31,33)/b19-13+. The quantitative estimate of drug-likeness (QED) is 0.236. The molecule has 0 unspecified atom stereocenters. The van der Waals surface area contributed by atoms with Crippen LogP contribution in [0.15, 0.2) is 48.6 Å². The predicted octanol–water partition coefficient (Wildman–Crippen LogP) is 5.41. The second-order valence-electron chi connectivity index (χ2n) is 7.68. The molecule has 1 fully saturated rings. The number of carbonyl (C=O) groups excluding carboxylic acids is 3. The molecule has 0 aromatic heterocycles. The highest BCUT2D eigenvalue weighted by Gasteiger charge is 2.36. The van der Waals surface area contributed by atoms with Crippen molar-refractivity contribution in [3.8, 4) is 17.2 Å². The van der Waals surface area contributed by atoms with Gasteiger partial charge < -0.3 is 14.2 Å². The molecule has 0 bridgehead atoms. The highest BCUT2D eigenvalue weighted by atomic mass is 35.5. The highest BCUT2D eigenvalue weighted by Crippen LogP contribution is 2.35. The van der Waals surface area contributed by atoms with E-state index in [4.69, 9.17) is 37.4 Å². The van der Waals surface area contributed by atoms with Gasteiger partial charge >= 0.3 is 6.03 Å². The summed E-state index contributed by atoms with van der Waals surface area (Å²) in [5.41, 5.74) is 0.642. The van der Waals surface area contributed by atoms with Gasteiger partial charge in [-0.2, -0.15) is 0 Å². The fraction of sp³-hybridized carbons (Fsp3) is 0.269. The molecule has 0 saturated carbocycles. The van der Waals surface area contributed by atoms with E-state index >= 15 is 0 Å². The second-order valence-corrected chi connectivity index (χ2v) is 8.52. The Bertz CT molecular complexity index is 1210. The molecule has 0 radical (unpaired) electrons. The number of benzene rings is 2. The molecule has 1 aliphatic rings. The molecule has 3 rings (SSSR count). The van der Waals surface area contributed by atoms with E-state index in [1.54, 1.807) is 18.2 Å². The summed E-state index contributed by atoms with van der Waals surface area (Å²) in [6.45, 7) is 8.41. The van der Waals surface area contributed by atoms with Crippen LogP contribution in [0.25, 0.3) is 6.08 Å². The molecule has 1 heterocycles. The molecule has 4 amide bonds. The summed E-state index contributed by atoms with van der Waals surface area (Å²) in [6.07, 6.45) is 3.65.